The smallest absolute Gasteiger partial charge is 0.334 e. The predicted octanol–water partition coefficient (Wildman–Crippen LogP) is 1.03. The fourth-order valence-corrected chi connectivity index (χ4v) is 2.87. The van der Waals surface area contributed by atoms with Crippen LogP contribution in [0.3, 0.4) is 0 Å². The van der Waals surface area contributed by atoms with E-state index < -0.39 is 17.8 Å². The molecule has 5 amide bonds. The fourth-order valence-electron chi connectivity index (χ4n) is 2.87. The summed E-state index contributed by atoms with van der Waals surface area (Å²) in [5.74, 6) is -2.11. The van der Waals surface area contributed by atoms with E-state index in [1.54, 1.807) is 0 Å². The van der Waals surface area contributed by atoms with Crippen molar-refractivity contribution in [2.24, 2.45) is 0 Å². The van der Waals surface area contributed by atoms with Gasteiger partial charge >= 0.3 is 17.8 Å². The third-order valence-corrected chi connectivity index (χ3v) is 4.14. The first-order valence-electron chi connectivity index (χ1n) is 8.01. The number of urea groups is 1. The largest absolute Gasteiger partial charge is 0.352 e. The Kier molecular flexibility index (Phi) is 5.51. The summed E-state index contributed by atoms with van der Waals surface area (Å²) in [6.45, 7) is 1.78. The molecule has 0 aromatic rings. The normalized spacial score (nSPS) is 20.0. The van der Waals surface area contributed by atoms with Gasteiger partial charge in [-0.15, -0.1) is 0 Å². The zero-order valence-electron chi connectivity index (χ0n) is 13.0. The molecule has 0 aromatic carbocycles. The monoisotopic (exact) mass is 309 g/mol. The van der Waals surface area contributed by atoms with Crippen LogP contribution in [0.5, 0.6) is 0 Å². The van der Waals surface area contributed by atoms with Crippen LogP contribution in [0.25, 0.3) is 0 Å². The van der Waals surface area contributed by atoms with Gasteiger partial charge < -0.3 is 5.32 Å². The molecule has 2 rings (SSSR count). The van der Waals surface area contributed by atoms with Gasteiger partial charge in [0, 0.05) is 12.6 Å². The van der Waals surface area contributed by atoms with Crippen molar-refractivity contribution in [1.82, 2.24) is 15.1 Å². The summed E-state index contributed by atoms with van der Waals surface area (Å²) < 4.78 is 0. The lowest BCUT2D eigenvalue weighted by Gasteiger charge is -2.23. The first-order valence-corrected chi connectivity index (χ1v) is 8.01. The summed E-state index contributed by atoms with van der Waals surface area (Å²) in [5, 5.41) is 2.84. The van der Waals surface area contributed by atoms with Crippen molar-refractivity contribution in [3.8, 4) is 0 Å². The first kappa shape index (κ1) is 16.5. The molecule has 1 N–H and O–H groups in total. The summed E-state index contributed by atoms with van der Waals surface area (Å²) in [4.78, 5) is 49.4. The second-order valence-corrected chi connectivity index (χ2v) is 5.89. The van der Waals surface area contributed by atoms with Crippen LogP contribution >= 0.6 is 0 Å². The molecule has 0 bridgehead atoms. The molecule has 0 atom stereocenters. The van der Waals surface area contributed by atoms with E-state index >= 15 is 0 Å². The molecule has 7 nitrogen and oxygen atoms in total. The zero-order chi connectivity index (χ0) is 16.1. The van der Waals surface area contributed by atoms with E-state index in [2.05, 4.69) is 5.32 Å². The maximum Gasteiger partial charge on any atom is 0.334 e. The van der Waals surface area contributed by atoms with Crippen LogP contribution in [0.4, 0.5) is 4.79 Å². The van der Waals surface area contributed by atoms with Gasteiger partial charge in [-0.1, -0.05) is 32.6 Å². The molecule has 7 heteroatoms. The minimum Gasteiger partial charge on any atom is -0.352 e. The van der Waals surface area contributed by atoms with Gasteiger partial charge in [0.2, 0.25) is 5.91 Å². The third kappa shape index (κ3) is 3.64. The van der Waals surface area contributed by atoms with Crippen LogP contribution in [0.15, 0.2) is 0 Å². The average molecular weight is 309 g/mol. The number of hydrogen-bond donors (Lipinski definition) is 1. The number of imide groups is 2. The minimum absolute atomic E-state index is 0.112. The summed E-state index contributed by atoms with van der Waals surface area (Å²) in [6, 6.07) is -0.566. The lowest BCUT2D eigenvalue weighted by atomic mass is 9.95. The fraction of sp³-hybridized carbons (Fsp3) is 0.733. The van der Waals surface area contributed by atoms with Crippen LogP contribution in [0.1, 0.15) is 51.9 Å². The Bertz CT molecular complexity index is 471. The van der Waals surface area contributed by atoms with E-state index in [1.807, 2.05) is 6.92 Å². The van der Waals surface area contributed by atoms with E-state index in [-0.39, 0.29) is 25.0 Å². The van der Waals surface area contributed by atoms with Crippen molar-refractivity contribution in [3.05, 3.63) is 0 Å². The summed E-state index contributed by atoms with van der Waals surface area (Å²) >= 11 is 0. The molecular weight excluding hydrogens is 286 g/mol. The molecule has 1 saturated carbocycles. The van der Waals surface area contributed by atoms with Gasteiger partial charge in [-0.2, -0.15) is 0 Å². The Morgan fingerprint density at radius 1 is 1.09 bits per heavy atom. The molecule has 1 saturated heterocycles. The topological polar surface area (TPSA) is 86.8 Å². The first-order chi connectivity index (χ1) is 10.5. The number of nitrogens with zero attached hydrogens (tertiary/aromatic N) is 2. The van der Waals surface area contributed by atoms with Crippen molar-refractivity contribution in [2.45, 2.75) is 57.9 Å². The van der Waals surface area contributed by atoms with E-state index in [4.69, 9.17) is 0 Å². The summed E-state index contributed by atoms with van der Waals surface area (Å²) in [6.07, 6.45) is 6.65. The van der Waals surface area contributed by atoms with Crippen molar-refractivity contribution >= 4 is 23.8 Å². The maximum absolute atomic E-state index is 12.1. The van der Waals surface area contributed by atoms with E-state index in [1.165, 1.54) is 6.42 Å². The lowest BCUT2D eigenvalue weighted by molar-refractivity contribution is -0.144. The maximum atomic E-state index is 12.1. The Morgan fingerprint density at radius 3 is 2.36 bits per heavy atom. The minimum atomic E-state index is -0.903. The van der Waals surface area contributed by atoms with Gasteiger partial charge in [0.05, 0.1) is 0 Å². The van der Waals surface area contributed by atoms with E-state index in [0.29, 0.717) is 6.42 Å². The summed E-state index contributed by atoms with van der Waals surface area (Å²) in [7, 11) is 0. The Balaban J connectivity index is 1.90. The molecule has 122 valence electrons. The quantitative estimate of drug-likeness (QED) is 0.586. The highest BCUT2D eigenvalue weighted by atomic mass is 16.2. The van der Waals surface area contributed by atoms with Crippen molar-refractivity contribution in [1.29, 1.82) is 0 Å². The number of carbonyl (C=O) groups excluding carboxylic acids is 4. The van der Waals surface area contributed by atoms with Gasteiger partial charge in [0.25, 0.3) is 0 Å². The van der Waals surface area contributed by atoms with E-state index in [9.17, 15) is 19.2 Å². The van der Waals surface area contributed by atoms with Crippen LogP contribution < -0.4 is 5.32 Å². The van der Waals surface area contributed by atoms with Crippen LogP contribution in [-0.4, -0.2) is 52.7 Å². The summed E-state index contributed by atoms with van der Waals surface area (Å²) in [5.41, 5.74) is 0. The number of amides is 5. The molecule has 0 unspecified atom stereocenters. The molecule has 1 aliphatic heterocycles. The lowest BCUT2D eigenvalue weighted by Crippen LogP contribution is -2.45. The Labute approximate surface area is 130 Å². The number of carbonyl (C=O) groups is 4. The third-order valence-electron chi connectivity index (χ3n) is 4.14. The SMILES string of the molecule is CCCCN1C(=O)C(=O)N(CC(=O)NC2CCCCC2)C1=O. The standard InChI is InChI=1S/C15H23N3O4/c1-2-3-9-17-13(20)14(21)18(15(17)22)10-12(19)16-11-7-5-4-6-8-11/h11H,2-10H2,1H3,(H,16,19). The average Bonchev–Trinajstić information content (AvgIpc) is 2.70. The highest BCUT2D eigenvalue weighted by Crippen LogP contribution is 2.18. The van der Waals surface area contributed by atoms with Gasteiger partial charge in [-0.25, -0.2) is 9.69 Å². The highest BCUT2D eigenvalue weighted by Gasteiger charge is 2.44. The highest BCUT2D eigenvalue weighted by molar-refractivity contribution is 6.45. The van der Waals surface area contributed by atoms with Gasteiger partial charge in [-0.05, 0) is 19.3 Å². The van der Waals surface area contributed by atoms with Crippen molar-refractivity contribution in [2.75, 3.05) is 13.1 Å². The second kappa shape index (κ2) is 7.38. The van der Waals surface area contributed by atoms with Crippen molar-refractivity contribution in [3.63, 3.8) is 0 Å². The predicted molar refractivity (Wildman–Crippen MR) is 78.7 cm³/mol. The van der Waals surface area contributed by atoms with Gasteiger partial charge in [0.1, 0.15) is 6.54 Å². The molecule has 0 spiro atoms. The molecule has 2 aliphatic rings. The number of hydrogen-bond acceptors (Lipinski definition) is 4. The number of rotatable bonds is 6. The molecule has 0 aromatic heterocycles. The zero-order valence-corrected chi connectivity index (χ0v) is 13.0. The molecule has 22 heavy (non-hydrogen) atoms. The van der Waals surface area contributed by atoms with Crippen LogP contribution in [0.2, 0.25) is 0 Å². The molecular formula is C15H23N3O4. The Hall–Kier alpha value is -1.92. The second-order valence-electron chi connectivity index (χ2n) is 5.89. The Morgan fingerprint density at radius 2 is 1.73 bits per heavy atom. The molecule has 1 heterocycles. The number of nitrogens with one attached hydrogen (secondary N) is 1. The molecule has 0 radical (unpaired) electrons. The van der Waals surface area contributed by atoms with Crippen LogP contribution in [-0.2, 0) is 14.4 Å². The number of unbranched alkanes of at least 4 members (excludes halogenated alkanes) is 1. The van der Waals surface area contributed by atoms with Crippen molar-refractivity contribution < 1.29 is 19.2 Å². The molecule has 1 aliphatic carbocycles. The van der Waals surface area contributed by atoms with Crippen LogP contribution in [0, 0.1) is 0 Å². The molecule has 2 fully saturated rings. The van der Waals surface area contributed by atoms with Gasteiger partial charge in [0.15, 0.2) is 0 Å². The van der Waals surface area contributed by atoms with Gasteiger partial charge in [-0.3, -0.25) is 19.3 Å². The van der Waals surface area contributed by atoms with E-state index in [0.717, 1.165) is 41.9 Å².